The number of halogens is 1. The molecule has 0 saturated carbocycles. The van der Waals surface area contributed by atoms with Gasteiger partial charge in [-0.05, 0) is 25.5 Å². The van der Waals surface area contributed by atoms with Gasteiger partial charge in [0, 0.05) is 29.5 Å². The van der Waals surface area contributed by atoms with Gasteiger partial charge in [-0.25, -0.2) is 0 Å². The highest BCUT2D eigenvalue weighted by atomic mass is 35.5. The van der Waals surface area contributed by atoms with E-state index < -0.39 is 6.10 Å². The summed E-state index contributed by atoms with van der Waals surface area (Å²) in [6.07, 6.45) is 0.118. The summed E-state index contributed by atoms with van der Waals surface area (Å²) in [5.41, 5.74) is 3.03. The summed E-state index contributed by atoms with van der Waals surface area (Å²) in [7, 11) is 0. The summed E-state index contributed by atoms with van der Waals surface area (Å²) >= 11 is 8.16. The van der Waals surface area contributed by atoms with Crippen LogP contribution in [0.2, 0.25) is 5.02 Å². The van der Waals surface area contributed by atoms with Crippen LogP contribution in [0.25, 0.3) is 0 Å². The fourth-order valence-electron chi connectivity index (χ4n) is 2.91. The molecule has 0 amide bonds. The first-order valence-corrected chi connectivity index (χ1v) is 8.59. The predicted octanol–water partition coefficient (Wildman–Crippen LogP) is 3.66. The third-order valence-corrected chi connectivity index (χ3v) is 5.76. The lowest BCUT2D eigenvalue weighted by Crippen LogP contribution is -2.23. The van der Waals surface area contributed by atoms with Crippen LogP contribution in [0.4, 0.5) is 0 Å². The molecule has 2 aromatic rings. The first kappa shape index (κ1) is 14.9. The summed E-state index contributed by atoms with van der Waals surface area (Å²) < 4.78 is 1.90. The Hall–Kier alpha value is -0.970. The number of fused-ring (bicyclic) bond motifs is 1. The summed E-state index contributed by atoms with van der Waals surface area (Å²) in [4.78, 5) is 1.29. The van der Waals surface area contributed by atoms with Crippen molar-refractivity contribution in [3.05, 3.63) is 46.2 Å². The molecule has 2 heterocycles. The highest BCUT2D eigenvalue weighted by Gasteiger charge is 2.30. The summed E-state index contributed by atoms with van der Waals surface area (Å²) in [6.45, 7) is 4.72. The minimum absolute atomic E-state index is 0.169. The van der Waals surface area contributed by atoms with E-state index in [9.17, 15) is 5.11 Å². The molecule has 5 heteroatoms. The van der Waals surface area contributed by atoms with Crippen LogP contribution in [0.1, 0.15) is 29.8 Å². The van der Waals surface area contributed by atoms with Crippen molar-refractivity contribution in [3.8, 4) is 0 Å². The van der Waals surface area contributed by atoms with E-state index in [1.54, 1.807) is 0 Å². The molecule has 1 aromatic heterocycles. The molecule has 1 aliphatic rings. The maximum absolute atomic E-state index is 10.7. The smallest absolute Gasteiger partial charge is 0.0848 e. The fourth-order valence-corrected chi connectivity index (χ4v) is 4.44. The van der Waals surface area contributed by atoms with Crippen LogP contribution in [0.3, 0.4) is 0 Å². The predicted molar refractivity (Wildman–Crippen MR) is 87.3 cm³/mol. The van der Waals surface area contributed by atoms with E-state index >= 15 is 0 Å². The molecule has 3 rings (SSSR count). The molecule has 2 unspecified atom stereocenters. The molecular weight excluding hydrogens is 304 g/mol. The zero-order valence-corrected chi connectivity index (χ0v) is 13.8. The SMILES string of the molecule is CCn1nc(C)c(Cl)c1CC(O)C1CSc2ccccc21. The van der Waals surface area contributed by atoms with E-state index in [4.69, 9.17) is 11.6 Å². The maximum atomic E-state index is 10.7. The van der Waals surface area contributed by atoms with Crippen LogP contribution in [-0.2, 0) is 13.0 Å². The molecule has 1 aliphatic heterocycles. The average molecular weight is 323 g/mol. The number of nitrogens with zero attached hydrogens (tertiary/aromatic N) is 2. The van der Waals surface area contributed by atoms with Crippen molar-refractivity contribution < 1.29 is 5.11 Å². The number of hydrogen-bond acceptors (Lipinski definition) is 3. The Labute approximate surface area is 134 Å². The quantitative estimate of drug-likeness (QED) is 0.933. The third-order valence-electron chi connectivity index (χ3n) is 4.06. The van der Waals surface area contributed by atoms with Gasteiger partial charge < -0.3 is 5.11 Å². The molecule has 0 saturated heterocycles. The Morgan fingerprint density at radius 2 is 2.24 bits per heavy atom. The number of hydrogen-bond donors (Lipinski definition) is 1. The molecule has 0 aliphatic carbocycles. The maximum Gasteiger partial charge on any atom is 0.0848 e. The zero-order valence-electron chi connectivity index (χ0n) is 12.2. The first-order chi connectivity index (χ1) is 10.1. The molecule has 1 aromatic carbocycles. The molecule has 3 nitrogen and oxygen atoms in total. The number of aliphatic hydroxyl groups is 1. The highest BCUT2D eigenvalue weighted by molar-refractivity contribution is 7.99. The molecule has 0 fully saturated rings. The number of benzene rings is 1. The second-order valence-corrected chi connectivity index (χ2v) is 6.83. The van der Waals surface area contributed by atoms with E-state index in [0.29, 0.717) is 11.4 Å². The largest absolute Gasteiger partial charge is 0.392 e. The van der Waals surface area contributed by atoms with Crippen molar-refractivity contribution in [2.24, 2.45) is 0 Å². The zero-order chi connectivity index (χ0) is 15.0. The Morgan fingerprint density at radius 1 is 1.48 bits per heavy atom. The monoisotopic (exact) mass is 322 g/mol. The lowest BCUT2D eigenvalue weighted by molar-refractivity contribution is 0.149. The van der Waals surface area contributed by atoms with Crippen molar-refractivity contribution in [1.82, 2.24) is 9.78 Å². The van der Waals surface area contributed by atoms with Gasteiger partial charge in [0.1, 0.15) is 0 Å². The standard InChI is InChI=1S/C16H19ClN2OS/c1-3-19-13(16(17)10(2)18-19)8-14(20)12-9-21-15-7-5-4-6-11(12)15/h4-7,12,14,20H,3,8-9H2,1-2H3. The van der Waals surface area contributed by atoms with Crippen LogP contribution in [0.15, 0.2) is 29.2 Å². The van der Waals surface area contributed by atoms with Crippen LogP contribution in [0.5, 0.6) is 0 Å². The van der Waals surface area contributed by atoms with Crippen LogP contribution in [-0.4, -0.2) is 26.7 Å². The van der Waals surface area contributed by atoms with E-state index in [1.807, 2.05) is 42.4 Å². The average Bonchev–Trinajstić information content (AvgIpc) is 3.03. The Kier molecular flexibility index (Phi) is 4.29. The number of thioether (sulfide) groups is 1. The lowest BCUT2D eigenvalue weighted by atomic mass is 9.92. The van der Waals surface area contributed by atoms with Gasteiger partial charge in [0.05, 0.1) is 22.5 Å². The minimum Gasteiger partial charge on any atom is -0.392 e. The molecule has 112 valence electrons. The topological polar surface area (TPSA) is 38.0 Å². The Morgan fingerprint density at radius 3 is 3.00 bits per heavy atom. The molecule has 2 atom stereocenters. The highest BCUT2D eigenvalue weighted by Crippen LogP contribution is 2.42. The molecule has 0 bridgehead atoms. The fraction of sp³-hybridized carbons (Fsp3) is 0.438. The second-order valence-electron chi connectivity index (χ2n) is 5.39. The van der Waals surface area contributed by atoms with Gasteiger partial charge in [-0.1, -0.05) is 29.8 Å². The Bertz CT molecular complexity index is 656. The van der Waals surface area contributed by atoms with Gasteiger partial charge >= 0.3 is 0 Å². The molecular formula is C16H19ClN2OS. The number of aromatic nitrogens is 2. The summed E-state index contributed by atoms with van der Waals surface area (Å²) in [5.74, 6) is 1.10. The van der Waals surface area contributed by atoms with Gasteiger partial charge in [-0.3, -0.25) is 4.68 Å². The van der Waals surface area contributed by atoms with E-state index in [1.165, 1.54) is 10.5 Å². The lowest BCUT2D eigenvalue weighted by Gasteiger charge is -2.19. The van der Waals surface area contributed by atoms with Gasteiger partial charge in [-0.2, -0.15) is 5.10 Å². The molecule has 0 spiro atoms. The van der Waals surface area contributed by atoms with Crippen molar-refractivity contribution in [2.45, 2.75) is 43.7 Å². The van der Waals surface area contributed by atoms with E-state index in [2.05, 4.69) is 17.2 Å². The molecule has 21 heavy (non-hydrogen) atoms. The first-order valence-electron chi connectivity index (χ1n) is 7.23. The summed E-state index contributed by atoms with van der Waals surface area (Å²) in [5, 5.41) is 15.8. The van der Waals surface area contributed by atoms with Gasteiger partial charge in [0.15, 0.2) is 0 Å². The molecule has 1 N–H and O–H groups in total. The van der Waals surface area contributed by atoms with Crippen molar-refractivity contribution in [3.63, 3.8) is 0 Å². The normalized spacial score (nSPS) is 18.8. The van der Waals surface area contributed by atoms with Crippen molar-refractivity contribution in [2.75, 3.05) is 5.75 Å². The number of rotatable bonds is 4. The van der Waals surface area contributed by atoms with E-state index in [-0.39, 0.29) is 5.92 Å². The van der Waals surface area contributed by atoms with Gasteiger partial charge in [0.25, 0.3) is 0 Å². The third kappa shape index (κ3) is 2.72. The van der Waals surface area contributed by atoms with Gasteiger partial charge in [-0.15, -0.1) is 11.8 Å². The molecule has 0 radical (unpaired) electrons. The summed E-state index contributed by atoms with van der Waals surface area (Å²) in [6, 6.07) is 8.33. The Balaban J connectivity index is 1.83. The van der Waals surface area contributed by atoms with E-state index in [0.717, 1.165) is 23.7 Å². The second kappa shape index (κ2) is 6.03. The van der Waals surface area contributed by atoms with Gasteiger partial charge in [0.2, 0.25) is 0 Å². The van der Waals surface area contributed by atoms with Crippen LogP contribution >= 0.6 is 23.4 Å². The minimum atomic E-state index is -0.431. The van der Waals surface area contributed by atoms with Crippen LogP contribution in [0, 0.1) is 6.92 Å². The van der Waals surface area contributed by atoms with Crippen molar-refractivity contribution >= 4 is 23.4 Å². The number of aliphatic hydroxyl groups excluding tert-OH is 1. The van der Waals surface area contributed by atoms with Crippen LogP contribution < -0.4 is 0 Å². The van der Waals surface area contributed by atoms with Crippen molar-refractivity contribution in [1.29, 1.82) is 0 Å². The number of aryl methyl sites for hydroxylation is 2.